The molecule has 244 valence electrons. The van der Waals surface area contributed by atoms with E-state index in [2.05, 4.69) is 30.9 Å². The van der Waals surface area contributed by atoms with Crippen LogP contribution in [-0.4, -0.2) is 57.4 Å². The predicted molar refractivity (Wildman–Crippen MR) is 176 cm³/mol. The monoisotopic (exact) mass is 649 g/mol. The summed E-state index contributed by atoms with van der Waals surface area (Å²) >= 11 is 0. The summed E-state index contributed by atoms with van der Waals surface area (Å²) in [5.41, 5.74) is 0.930. The molecular formula is C36H33F2N7O3. The third kappa shape index (κ3) is 4.95. The van der Waals surface area contributed by atoms with Crippen molar-refractivity contribution >= 4 is 23.1 Å². The van der Waals surface area contributed by atoms with Crippen LogP contribution in [0.15, 0.2) is 89.9 Å². The Labute approximate surface area is 275 Å². The van der Waals surface area contributed by atoms with E-state index in [9.17, 15) is 14.0 Å². The molecule has 2 unspecified atom stereocenters. The van der Waals surface area contributed by atoms with Crippen molar-refractivity contribution in [2.45, 2.75) is 37.8 Å². The number of hydrazone groups is 1. The number of nitrogens with one attached hydrogen (secondary N) is 3. The van der Waals surface area contributed by atoms with Crippen LogP contribution in [0.1, 0.15) is 52.6 Å². The van der Waals surface area contributed by atoms with Gasteiger partial charge in [-0.3, -0.25) is 19.7 Å². The molecule has 2 atom stereocenters. The minimum Gasteiger partial charge on any atom is -0.496 e. The number of amides is 2. The number of nitrogens with zero attached hydrogens (tertiary/aromatic N) is 4. The molecule has 3 heterocycles. The lowest BCUT2D eigenvalue weighted by molar-refractivity contribution is -0.124. The van der Waals surface area contributed by atoms with Gasteiger partial charge in [0.15, 0.2) is 11.6 Å². The van der Waals surface area contributed by atoms with E-state index in [1.165, 1.54) is 43.4 Å². The zero-order valence-electron chi connectivity index (χ0n) is 26.8. The number of halogens is 2. The second-order valence-corrected chi connectivity index (χ2v) is 12.4. The van der Waals surface area contributed by atoms with Crippen molar-refractivity contribution in [1.29, 1.82) is 0 Å². The molecule has 0 radical (unpaired) electrons. The Hall–Kier alpha value is -5.65. The van der Waals surface area contributed by atoms with Gasteiger partial charge in [0.05, 0.1) is 23.9 Å². The van der Waals surface area contributed by atoms with Crippen molar-refractivity contribution < 1.29 is 23.1 Å². The van der Waals surface area contributed by atoms with E-state index in [0.29, 0.717) is 52.6 Å². The average molecular weight is 650 g/mol. The third-order valence-corrected chi connectivity index (χ3v) is 9.39. The lowest BCUT2D eigenvalue weighted by atomic mass is 9.76. The minimum absolute atomic E-state index is 0.205. The molecule has 1 saturated carbocycles. The van der Waals surface area contributed by atoms with E-state index in [4.69, 9.17) is 4.74 Å². The molecule has 1 aromatic heterocycles. The third-order valence-electron chi connectivity index (χ3n) is 9.39. The highest BCUT2D eigenvalue weighted by Gasteiger charge is 2.56. The Morgan fingerprint density at radius 3 is 2.44 bits per heavy atom. The smallest absolute Gasteiger partial charge is 0.255 e. The molecule has 3 aliphatic rings. The largest absolute Gasteiger partial charge is 0.496 e. The molecule has 0 saturated heterocycles. The first-order valence-corrected chi connectivity index (χ1v) is 15.5. The Bertz CT molecular complexity index is 2030. The van der Waals surface area contributed by atoms with Crippen molar-refractivity contribution in [3.8, 4) is 17.1 Å². The number of aromatic amines is 1. The second kappa shape index (κ2) is 11.5. The number of carbonyl (C=O) groups is 2. The van der Waals surface area contributed by atoms with Crippen LogP contribution in [-0.2, 0) is 10.3 Å². The van der Waals surface area contributed by atoms with Gasteiger partial charge in [-0.25, -0.2) is 13.8 Å². The summed E-state index contributed by atoms with van der Waals surface area (Å²) in [7, 11) is 2.95. The van der Waals surface area contributed by atoms with Gasteiger partial charge < -0.3 is 15.4 Å². The Morgan fingerprint density at radius 2 is 1.77 bits per heavy atom. The first-order chi connectivity index (χ1) is 23.1. The van der Waals surface area contributed by atoms with Crippen LogP contribution in [0, 0.1) is 18.7 Å². The summed E-state index contributed by atoms with van der Waals surface area (Å²) in [6, 6.07) is 18.4. The van der Waals surface area contributed by atoms with Gasteiger partial charge >= 0.3 is 0 Å². The van der Waals surface area contributed by atoms with E-state index >= 15 is 4.39 Å². The summed E-state index contributed by atoms with van der Waals surface area (Å²) in [4.78, 5) is 32.0. The van der Waals surface area contributed by atoms with Crippen molar-refractivity contribution in [1.82, 2.24) is 30.8 Å². The van der Waals surface area contributed by atoms with Gasteiger partial charge in [0.25, 0.3) is 5.91 Å². The maximum Gasteiger partial charge on any atom is 0.255 e. The molecule has 1 fully saturated rings. The number of H-pyrrole nitrogens is 1. The highest BCUT2D eigenvalue weighted by atomic mass is 19.1. The number of allylic oxidation sites excluding steroid dienone is 2. The molecule has 7 rings (SSSR count). The fourth-order valence-electron chi connectivity index (χ4n) is 6.50. The first-order valence-electron chi connectivity index (χ1n) is 15.5. The zero-order valence-corrected chi connectivity index (χ0v) is 26.8. The maximum atomic E-state index is 17.0. The highest BCUT2D eigenvalue weighted by Crippen LogP contribution is 2.48. The Kier molecular flexibility index (Phi) is 7.45. The zero-order chi connectivity index (χ0) is 33.8. The second-order valence-electron chi connectivity index (χ2n) is 12.4. The van der Waals surface area contributed by atoms with Crippen molar-refractivity contribution in [3.63, 3.8) is 0 Å². The van der Waals surface area contributed by atoms with E-state index in [-0.39, 0.29) is 11.1 Å². The molecule has 0 bridgehead atoms. The number of ether oxygens (including phenoxy) is 1. The lowest BCUT2D eigenvalue weighted by Crippen LogP contribution is -2.52. The topological polar surface area (TPSA) is 125 Å². The quantitative estimate of drug-likeness (QED) is 0.235. The standard InChI is InChI=1S/C36H33F2N7O3/c1-20-18-27(48-4)26(32(46)41-36(15-16-36)34-40-31(42-43-34)22-8-6-5-7-9-22)19-25(20)24-14-17-45-35(2,30(24)38)28(33(47)39-3)29(44-45)21-10-12-23(37)13-11-21/h5-14,17-19,28H,15-16H2,1-4H3,(H,39,47)(H,41,46)(H,40,42,43). The number of hydrogen-bond acceptors (Lipinski definition) is 7. The molecule has 1 aliphatic carbocycles. The number of aryl methyl sites for hydroxylation is 1. The van der Waals surface area contributed by atoms with Crippen molar-refractivity contribution in [2.75, 3.05) is 14.2 Å². The average Bonchev–Trinajstić information content (AvgIpc) is 3.55. The van der Waals surface area contributed by atoms with Crippen LogP contribution in [0.5, 0.6) is 5.75 Å². The van der Waals surface area contributed by atoms with Gasteiger partial charge in [-0.15, -0.1) is 0 Å². The van der Waals surface area contributed by atoms with Crippen molar-refractivity contribution in [3.05, 3.63) is 119 Å². The number of methoxy groups -OCH3 is 1. The van der Waals surface area contributed by atoms with Gasteiger partial charge in [-0.2, -0.15) is 10.2 Å². The van der Waals surface area contributed by atoms with E-state index in [0.717, 1.165) is 5.56 Å². The summed E-state index contributed by atoms with van der Waals surface area (Å²) < 4.78 is 36.4. The highest BCUT2D eigenvalue weighted by molar-refractivity contribution is 6.16. The molecule has 4 aromatic rings. The van der Waals surface area contributed by atoms with Crippen LogP contribution in [0.25, 0.3) is 17.0 Å². The van der Waals surface area contributed by atoms with E-state index in [1.54, 1.807) is 38.3 Å². The number of aromatic nitrogens is 3. The first kappa shape index (κ1) is 31.0. The van der Waals surface area contributed by atoms with Gasteiger partial charge in [0.2, 0.25) is 5.91 Å². The van der Waals surface area contributed by atoms with E-state index < -0.39 is 40.5 Å². The predicted octanol–water partition coefficient (Wildman–Crippen LogP) is 5.40. The molecule has 12 heteroatoms. The molecule has 48 heavy (non-hydrogen) atoms. The van der Waals surface area contributed by atoms with Gasteiger partial charge in [-0.1, -0.05) is 42.5 Å². The van der Waals surface area contributed by atoms with Crippen LogP contribution >= 0.6 is 0 Å². The summed E-state index contributed by atoms with van der Waals surface area (Å²) in [6.07, 6.45) is 4.52. The molecular weight excluding hydrogens is 616 g/mol. The molecule has 3 aromatic carbocycles. The Balaban J connectivity index is 1.24. The van der Waals surface area contributed by atoms with Crippen LogP contribution in [0.3, 0.4) is 0 Å². The lowest BCUT2D eigenvalue weighted by Gasteiger charge is -2.38. The summed E-state index contributed by atoms with van der Waals surface area (Å²) in [5, 5.41) is 19.1. The van der Waals surface area contributed by atoms with Gasteiger partial charge in [-0.05, 0) is 73.7 Å². The maximum absolute atomic E-state index is 17.0. The summed E-state index contributed by atoms with van der Waals surface area (Å²) in [5.74, 6) is -1.56. The summed E-state index contributed by atoms with van der Waals surface area (Å²) in [6.45, 7) is 3.41. The number of hydrogen-bond donors (Lipinski definition) is 3. The molecule has 10 nitrogen and oxygen atoms in total. The molecule has 2 amide bonds. The fourth-order valence-corrected chi connectivity index (χ4v) is 6.50. The number of benzene rings is 3. The Morgan fingerprint density at radius 1 is 1.04 bits per heavy atom. The fraction of sp³-hybridized carbons (Fsp3) is 0.250. The van der Waals surface area contributed by atoms with Gasteiger partial charge in [0.1, 0.15) is 28.9 Å². The van der Waals surface area contributed by atoms with Crippen LogP contribution in [0.4, 0.5) is 8.78 Å². The van der Waals surface area contributed by atoms with Crippen LogP contribution in [0.2, 0.25) is 0 Å². The minimum atomic E-state index is -1.54. The number of carbonyl (C=O) groups excluding carboxylic acids is 2. The molecule has 3 N–H and O–H groups in total. The molecule has 0 spiro atoms. The SMILES string of the molecule is CNC(=O)C1C(c2ccc(F)cc2)=NN2C=CC(c3cc(C(=O)NC4(c5nc(-c6ccccc6)n[nH]5)CC4)c(OC)cc3C)=C(F)C12C. The number of rotatable bonds is 8. The normalized spacial score (nSPS) is 20.7. The van der Waals surface area contributed by atoms with Gasteiger partial charge in [0, 0.05) is 24.4 Å². The van der Waals surface area contributed by atoms with Crippen LogP contribution < -0.4 is 15.4 Å². The number of fused-ring (bicyclic) bond motifs is 1. The molecule has 2 aliphatic heterocycles. The van der Waals surface area contributed by atoms with E-state index in [1.807, 2.05) is 30.3 Å². The van der Waals surface area contributed by atoms with Crippen molar-refractivity contribution in [2.24, 2.45) is 11.0 Å².